The summed E-state index contributed by atoms with van der Waals surface area (Å²) in [5.41, 5.74) is 7.84. The maximum atomic E-state index is 14.2. The largest absolute Gasteiger partial charge is 0.497 e. The van der Waals surface area contributed by atoms with Crippen molar-refractivity contribution in [2.45, 2.75) is 64.0 Å². The first-order chi connectivity index (χ1) is 28.1. The molecule has 12 heteroatoms. The maximum Gasteiger partial charge on any atom is 0.407 e. The van der Waals surface area contributed by atoms with Gasteiger partial charge in [-0.2, -0.15) is 0 Å². The third-order valence-corrected chi connectivity index (χ3v) is 11.0. The molecule has 7 rings (SSSR count). The molecule has 0 radical (unpaired) electrons. The van der Waals surface area contributed by atoms with E-state index < -0.39 is 42.7 Å². The Morgan fingerprint density at radius 1 is 0.793 bits per heavy atom. The highest BCUT2D eigenvalue weighted by molar-refractivity contribution is 5.97. The van der Waals surface area contributed by atoms with E-state index in [0.717, 1.165) is 27.8 Å². The number of aryl methyl sites for hydroxylation is 1. The number of nitrogens with one attached hydrogen (secondary N) is 3. The number of carbonyl (C=O) groups is 3. The van der Waals surface area contributed by atoms with Crippen LogP contribution in [0.15, 0.2) is 102 Å². The van der Waals surface area contributed by atoms with Crippen LogP contribution in [-0.2, 0) is 47.0 Å². The van der Waals surface area contributed by atoms with E-state index in [4.69, 9.17) is 9.47 Å². The van der Waals surface area contributed by atoms with Crippen molar-refractivity contribution in [3.63, 3.8) is 0 Å². The summed E-state index contributed by atoms with van der Waals surface area (Å²) in [6, 6.07) is 27.4. The molecule has 2 aliphatic carbocycles. The quantitative estimate of drug-likeness (QED) is 0.0964. The third-order valence-electron chi connectivity index (χ3n) is 11.0. The van der Waals surface area contributed by atoms with Crippen molar-refractivity contribution in [1.29, 1.82) is 0 Å². The molecule has 0 aromatic heterocycles. The average molecular weight is 784 g/mol. The first kappa shape index (κ1) is 39.9. The zero-order valence-corrected chi connectivity index (χ0v) is 32.2. The van der Waals surface area contributed by atoms with Crippen LogP contribution in [0.3, 0.4) is 0 Å². The summed E-state index contributed by atoms with van der Waals surface area (Å²) in [5.74, 6) is -0.572. The molecule has 5 aromatic rings. The normalized spacial score (nSPS) is 14.5. The van der Waals surface area contributed by atoms with Gasteiger partial charge in [-0.3, -0.25) is 14.4 Å². The Morgan fingerprint density at radius 3 is 2.09 bits per heavy atom. The van der Waals surface area contributed by atoms with Gasteiger partial charge < -0.3 is 40.7 Å². The number of hydrogen-bond acceptors (Lipinski definition) is 9. The number of anilines is 1. The van der Waals surface area contributed by atoms with Gasteiger partial charge in [-0.15, -0.1) is 0 Å². The second-order valence-corrected chi connectivity index (χ2v) is 14.5. The molecule has 0 fully saturated rings. The number of rotatable bonds is 12. The molecule has 0 saturated carbocycles. The zero-order valence-electron chi connectivity index (χ0n) is 32.2. The first-order valence-electron chi connectivity index (χ1n) is 19.1. The van der Waals surface area contributed by atoms with Crippen LogP contribution in [0.5, 0.6) is 5.75 Å². The summed E-state index contributed by atoms with van der Waals surface area (Å²) >= 11 is 0. The minimum absolute atomic E-state index is 0.0338. The van der Waals surface area contributed by atoms with E-state index in [9.17, 15) is 34.5 Å². The number of methoxy groups -OCH3 is 1. The molecule has 58 heavy (non-hydrogen) atoms. The summed E-state index contributed by atoms with van der Waals surface area (Å²) in [4.78, 5) is 54.1. The topological polar surface area (TPSA) is 184 Å². The van der Waals surface area contributed by atoms with Crippen molar-refractivity contribution in [3.8, 4) is 28.0 Å². The molecule has 2 aliphatic rings. The highest BCUT2D eigenvalue weighted by Crippen LogP contribution is 2.45. The second kappa shape index (κ2) is 17.4. The third kappa shape index (κ3) is 8.08. The molecule has 12 nitrogen and oxygen atoms in total. The second-order valence-electron chi connectivity index (χ2n) is 14.5. The van der Waals surface area contributed by atoms with E-state index in [1.807, 2.05) is 48.5 Å². The van der Waals surface area contributed by atoms with Crippen molar-refractivity contribution in [2.24, 2.45) is 0 Å². The Balaban J connectivity index is 1.20. The molecule has 298 valence electrons. The van der Waals surface area contributed by atoms with Gasteiger partial charge in [0, 0.05) is 19.3 Å². The number of aliphatic hydroxyl groups is 3. The van der Waals surface area contributed by atoms with Gasteiger partial charge in [0.25, 0.3) is 0 Å². The van der Waals surface area contributed by atoms with E-state index in [0.29, 0.717) is 57.5 Å². The number of alkyl carbamates (subject to hydrolysis) is 1. The molecule has 0 saturated heterocycles. The van der Waals surface area contributed by atoms with E-state index >= 15 is 0 Å². The van der Waals surface area contributed by atoms with E-state index in [-0.39, 0.29) is 37.1 Å². The van der Waals surface area contributed by atoms with Crippen LogP contribution in [0.4, 0.5) is 10.5 Å². The van der Waals surface area contributed by atoms with Crippen molar-refractivity contribution in [2.75, 3.05) is 19.0 Å². The molecule has 0 aliphatic heterocycles. The molecule has 0 spiro atoms. The van der Waals surface area contributed by atoms with Gasteiger partial charge in [0.05, 0.1) is 38.7 Å². The van der Waals surface area contributed by atoms with E-state index in [2.05, 4.69) is 16.0 Å². The van der Waals surface area contributed by atoms with Crippen LogP contribution in [-0.4, -0.2) is 53.0 Å². The summed E-state index contributed by atoms with van der Waals surface area (Å²) in [6.07, 6.45) is 0.0823. The fourth-order valence-electron chi connectivity index (χ4n) is 8.27. The molecule has 0 bridgehead atoms. The lowest BCUT2D eigenvalue weighted by Crippen LogP contribution is -2.46. The number of carbonyl (C=O) groups excluding carboxylic acids is 3. The number of hydrogen-bond donors (Lipinski definition) is 6. The predicted octanol–water partition coefficient (Wildman–Crippen LogP) is 5.41. The van der Waals surface area contributed by atoms with Gasteiger partial charge >= 0.3 is 6.09 Å². The number of aliphatic hydroxyl groups excluding tert-OH is 3. The number of amides is 3. The summed E-state index contributed by atoms with van der Waals surface area (Å²) < 4.78 is 11.1. The lowest BCUT2D eigenvalue weighted by atomic mass is 9.87. The summed E-state index contributed by atoms with van der Waals surface area (Å²) in [6.45, 7) is 0.152. The monoisotopic (exact) mass is 783 g/mol. The molecule has 2 atom stereocenters. The summed E-state index contributed by atoms with van der Waals surface area (Å²) in [5, 5.41) is 39.4. The van der Waals surface area contributed by atoms with Crippen LogP contribution in [0, 0.1) is 0 Å². The summed E-state index contributed by atoms with van der Waals surface area (Å²) in [7, 11) is 1.55. The van der Waals surface area contributed by atoms with Gasteiger partial charge in [0.15, 0.2) is 0 Å². The van der Waals surface area contributed by atoms with Gasteiger partial charge in [0.2, 0.25) is 17.2 Å². The van der Waals surface area contributed by atoms with Crippen LogP contribution in [0.2, 0.25) is 0 Å². The van der Waals surface area contributed by atoms with Crippen LogP contribution in [0.1, 0.15) is 69.8 Å². The fraction of sp³-hybridized carbons (Fsp3) is 0.261. The Labute approximate surface area is 335 Å². The van der Waals surface area contributed by atoms with Crippen molar-refractivity contribution in [1.82, 2.24) is 10.6 Å². The van der Waals surface area contributed by atoms with Gasteiger partial charge in [0.1, 0.15) is 18.4 Å². The molecule has 0 heterocycles. The van der Waals surface area contributed by atoms with Crippen LogP contribution in [0.25, 0.3) is 22.3 Å². The van der Waals surface area contributed by atoms with Crippen molar-refractivity contribution in [3.05, 3.63) is 152 Å². The SMILES string of the molecule is COc1ccc(C[C@H](NC(=O)OCC2c3ccccc3-c3ccccc32)C(=O)Nc2ccc3c(cc2=O)[C@@H](NC(C)=O)CCc2cc(CO)c(CO)c(CO)c2-3)cc1. The smallest absolute Gasteiger partial charge is 0.407 e. The lowest BCUT2D eigenvalue weighted by Gasteiger charge is -2.20. The predicted molar refractivity (Wildman–Crippen MR) is 218 cm³/mol. The van der Waals surface area contributed by atoms with Crippen molar-refractivity contribution >= 4 is 23.6 Å². The van der Waals surface area contributed by atoms with Crippen LogP contribution >= 0.6 is 0 Å². The van der Waals surface area contributed by atoms with Gasteiger partial charge in [-0.25, -0.2) is 4.79 Å². The highest BCUT2D eigenvalue weighted by Gasteiger charge is 2.31. The van der Waals surface area contributed by atoms with E-state index in [1.54, 1.807) is 43.5 Å². The average Bonchev–Trinajstić information content (AvgIpc) is 3.37. The van der Waals surface area contributed by atoms with Gasteiger partial charge in [-0.05, 0) is 104 Å². The van der Waals surface area contributed by atoms with Gasteiger partial charge in [-0.1, -0.05) is 72.8 Å². The molecule has 5 aromatic carbocycles. The molecule has 3 amide bonds. The molecular formula is C46H45N3O9. The standard InChI is InChI=1S/C46H45N3O9/c1-26(53)47-40-17-13-28-20-29(22-50)37(23-51)38(24-52)44(28)35-16-18-41(43(54)21-36(35)40)48-45(55)42(19-27-11-14-30(57-2)15-12-27)49-46(56)58-25-39-33-9-5-3-7-31(33)32-8-4-6-10-34(32)39/h3-12,14-16,18,20-21,39-40,42,50-52H,13,17,19,22-25H2,1-2H3,(H,47,53)(H,49,56)(H,48,54,55)/t40-,42-/m0/s1. The lowest BCUT2D eigenvalue weighted by molar-refractivity contribution is -0.120. The maximum absolute atomic E-state index is 14.2. The first-order valence-corrected chi connectivity index (χ1v) is 19.1. The Kier molecular flexibility index (Phi) is 12.0. The highest BCUT2D eigenvalue weighted by atomic mass is 16.5. The Hall–Kier alpha value is -6.34. The zero-order chi connectivity index (χ0) is 40.9. The number of fused-ring (bicyclic) bond motifs is 6. The van der Waals surface area contributed by atoms with Crippen LogP contribution < -0.4 is 26.1 Å². The molecule has 6 N–H and O–H groups in total. The Morgan fingerprint density at radius 2 is 1.47 bits per heavy atom. The van der Waals surface area contributed by atoms with E-state index in [1.165, 1.54) is 19.1 Å². The number of ether oxygens (including phenoxy) is 2. The Bertz CT molecular complexity index is 2390. The fourth-order valence-corrected chi connectivity index (χ4v) is 8.27. The minimum Gasteiger partial charge on any atom is -0.497 e. The van der Waals surface area contributed by atoms with Crippen molar-refractivity contribution < 1.29 is 39.2 Å². The molecular weight excluding hydrogens is 739 g/mol. The minimum atomic E-state index is -1.18. The molecule has 0 unspecified atom stereocenters. The number of benzene rings is 4.